The lowest BCUT2D eigenvalue weighted by atomic mass is 10.2. The van der Waals surface area contributed by atoms with Gasteiger partial charge in [-0.3, -0.25) is 9.59 Å². The summed E-state index contributed by atoms with van der Waals surface area (Å²) in [6.07, 6.45) is 0.895. The predicted octanol–water partition coefficient (Wildman–Crippen LogP) is 3.79. The van der Waals surface area contributed by atoms with Crippen molar-refractivity contribution in [2.45, 2.75) is 26.7 Å². The summed E-state index contributed by atoms with van der Waals surface area (Å²) >= 11 is 0. The summed E-state index contributed by atoms with van der Waals surface area (Å²) in [7, 11) is 0. The van der Waals surface area contributed by atoms with Crippen molar-refractivity contribution in [3.8, 4) is 23.7 Å². The molecule has 0 bridgehead atoms. The van der Waals surface area contributed by atoms with Crippen LogP contribution in [0, 0.1) is 23.7 Å². The van der Waals surface area contributed by atoms with E-state index >= 15 is 0 Å². The van der Waals surface area contributed by atoms with Crippen molar-refractivity contribution in [2.24, 2.45) is 0 Å². The number of carbonyl (C=O) groups excluding carboxylic acids is 2. The molecule has 0 spiro atoms. The topological polar surface area (TPSA) is 58.2 Å². The van der Waals surface area contributed by atoms with Crippen LogP contribution >= 0.6 is 0 Å². The summed E-state index contributed by atoms with van der Waals surface area (Å²) in [6, 6.07) is 14.6. The Kier molecular flexibility index (Phi) is 7.04. The molecule has 2 amide bonds. The second-order valence-electron chi connectivity index (χ2n) is 5.46. The van der Waals surface area contributed by atoms with Crippen LogP contribution in [0.2, 0.25) is 0 Å². The molecular weight excluding hydrogens is 324 g/mol. The average Bonchev–Trinajstić information content (AvgIpc) is 2.67. The van der Waals surface area contributed by atoms with E-state index < -0.39 is 0 Å². The second-order valence-corrected chi connectivity index (χ2v) is 5.46. The standard InChI is InChI=1S/C22H20N2O2/c1-3-21(25)23-19-13-9-17(10-14-19)7-5-6-8-18-11-15-20(16-12-18)24-22(26)4-2/h9-16H,3-4H2,1-2H3,(H,23,25)(H,24,26). The van der Waals surface area contributed by atoms with Gasteiger partial charge in [0.25, 0.3) is 0 Å². The summed E-state index contributed by atoms with van der Waals surface area (Å²) in [5, 5.41) is 5.57. The highest BCUT2D eigenvalue weighted by Crippen LogP contribution is 2.10. The monoisotopic (exact) mass is 344 g/mol. The van der Waals surface area contributed by atoms with Gasteiger partial charge in [-0.15, -0.1) is 0 Å². The molecule has 0 radical (unpaired) electrons. The Hall–Kier alpha value is -3.50. The van der Waals surface area contributed by atoms with E-state index in [1.165, 1.54) is 0 Å². The minimum atomic E-state index is -0.0185. The molecule has 4 nitrogen and oxygen atoms in total. The molecular formula is C22H20N2O2. The summed E-state index contributed by atoms with van der Waals surface area (Å²) in [6.45, 7) is 3.62. The molecule has 2 aromatic rings. The van der Waals surface area contributed by atoms with Crippen LogP contribution in [-0.2, 0) is 9.59 Å². The fourth-order valence-electron chi connectivity index (χ4n) is 1.98. The molecule has 130 valence electrons. The van der Waals surface area contributed by atoms with Crippen LogP contribution in [0.3, 0.4) is 0 Å². The molecule has 0 aromatic heterocycles. The minimum Gasteiger partial charge on any atom is -0.326 e. The predicted molar refractivity (Wildman–Crippen MR) is 104 cm³/mol. The zero-order chi connectivity index (χ0) is 18.8. The largest absolute Gasteiger partial charge is 0.326 e. The van der Waals surface area contributed by atoms with Gasteiger partial charge in [0.1, 0.15) is 0 Å². The zero-order valence-corrected chi connectivity index (χ0v) is 14.8. The van der Waals surface area contributed by atoms with Crippen molar-refractivity contribution < 1.29 is 9.59 Å². The van der Waals surface area contributed by atoms with Gasteiger partial charge in [-0.05, 0) is 60.4 Å². The molecule has 2 N–H and O–H groups in total. The summed E-state index contributed by atoms with van der Waals surface area (Å²) < 4.78 is 0. The molecule has 26 heavy (non-hydrogen) atoms. The first-order chi connectivity index (χ1) is 12.6. The summed E-state index contributed by atoms with van der Waals surface area (Å²) in [5.74, 6) is 11.5. The molecule has 0 aliphatic rings. The van der Waals surface area contributed by atoms with Crippen LogP contribution in [0.15, 0.2) is 48.5 Å². The summed E-state index contributed by atoms with van der Waals surface area (Å²) in [4.78, 5) is 22.6. The third-order valence-corrected chi connectivity index (χ3v) is 3.46. The normalized spacial score (nSPS) is 9.15. The molecule has 0 aliphatic carbocycles. The van der Waals surface area contributed by atoms with Gasteiger partial charge in [0.15, 0.2) is 0 Å². The van der Waals surface area contributed by atoms with Gasteiger partial charge in [-0.2, -0.15) is 0 Å². The third-order valence-electron chi connectivity index (χ3n) is 3.46. The molecule has 0 fully saturated rings. The molecule has 0 saturated carbocycles. The van der Waals surface area contributed by atoms with Gasteiger partial charge in [-0.1, -0.05) is 25.7 Å². The van der Waals surface area contributed by atoms with Gasteiger partial charge in [-0.25, -0.2) is 0 Å². The van der Waals surface area contributed by atoms with Gasteiger partial charge < -0.3 is 10.6 Å². The third kappa shape index (κ3) is 6.19. The van der Waals surface area contributed by atoms with E-state index in [1.54, 1.807) is 0 Å². The second kappa shape index (κ2) is 9.71. The Bertz CT molecular complexity index is 812. The Morgan fingerprint density at radius 2 is 1.04 bits per heavy atom. The van der Waals surface area contributed by atoms with Gasteiger partial charge in [0.05, 0.1) is 0 Å². The van der Waals surface area contributed by atoms with Crippen LogP contribution in [0.4, 0.5) is 11.4 Å². The van der Waals surface area contributed by atoms with Gasteiger partial charge in [0, 0.05) is 35.3 Å². The van der Waals surface area contributed by atoms with Crippen molar-refractivity contribution in [3.05, 3.63) is 59.7 Å². The van der Waals surface area contributed by atoms with E-state index in [4.69, 9.17) is 0 Å². The Balaban J connectivity index is 1.95. The molecule has 0 unspecified atom stereocenters. The van der Waals surface area contributed by atoms with E-state index in [0.29, 0.717) is 12.8 Å². The first-order valence-electron chi connectivity index (χ1n) is 8.42. The average molecular weight is 344 g/mol. The maximum atomic E-state index is 11.3. The fraction of sp³-hybridized carbons (Fsp3) is 0.182. The van der Waals surface area contributed by atoms with Gasteiger partial charge >= 0.3 is 0 Å². The van der Waals surface area contributed by atoms with Crippen LogP contribution in [0.25, 0.3) is 0 Å². The van der Waals surface area contributed by atoms with Crippen molar-refractivity contribution in [2.75, 3.05) is 10.6 Å². The maximum absolute atomic E-state index is 11.3. The lowest BCUT2D eigenvalue weighted by Gasteiger charge is -2.02. The van der Waals surface area contributed by atoms with Crippen molar-refractivity contribution in [1.82, 2.24) is 0 Å². The molecule has 0 saturated heterocycles. The molecule has 0 aliphatic heterocycles. The van der Waals surface area contributed by atoms with Crippen LogP contribution < -0.4 is 10.6 Å². The lowest BCUT2D eigenvalue weighted by molar-refractivity contribution is -0.116. The SMILES string of the molecule is CCC(=O)Nc1ccc(C#CC#Cc2ccc(NC(=O)CC)cc2)cc1. The zero-order valence-electron chi connectivity index (χ0n) is 14.8. The Labute approximate surface area is 154 Å². The Morgan fingerprint density at radius 3 is 1.35 bits per heavy atom. The highest BCUT2D eigenvalue weighted by molar-refractivity contribution is 5.91. The number of hydrogen-bond donors (Lipinski definition) is 2. The van der Waals surface area contributed by atoms with Crippen molar-refractivity contribution >= 4 is 23.2 Å². The minimum absolute atomic E-state index is 0.0185. The van der Waals surface area contributed by atoms with Crippen LogP contribution in [0.5, 0.6) is 0 Å². The van der Waals surface area contributed by atoms with Crippen LogP contribution in [0.1, 0.15) is 37.8 Å². The quantitative estimate of drug-likeness (QED) is 0.829. The van der Waals surface area contributed by atoms with Gasteiger partial charge in [0.2, 0.25) is 11.8 Å². The van der Waals surface area contributed by atoms with E-state index in [2.05, 4.69) is 34.3 Å². The van der Waals surface area contributed by atoms with E-state index in [0.717, 1.165) is 22.5 Å². The maximum Gasteiger partial charge on any atom is 0.224 e. The molecule has 0 heterocycles. The van der Waals surface area contributed by atoms with E-state index in [-0.39, 0.29) is 11.8 Å². The highest BCUT2D eigenvalue weighted by atomic mass is 16.2. The number of rotatable bonds is 4. The number of nitrogens with one attached hydrogen (secondary N) is 2. The fourth-order valence-corrected chi connectivity index (χ4v) is 1.98. The smallest absolute Gasteiger partial charge is 0.224 e. The lowest BCUT2D eigenvalue weighted by Crippen LogP contribution is -2.09. The molecule has 2 rings (SSSR count). The van der Waals surface area contributed by atoms with E-state index in [9.17, 15) is 9.59 Å². The molecule has 4 heteroatoms. The molecule has 0 atom stereocenters. The first kappa shape index (κ1) is 18.8. The number of hydrogen-bond acceptors (Lipinski definition) is 2. The number of anilines is 2. The van der Waals surface area contributed by atoms with Crippen molar-refractivity contribution in [3.63, 3.8) is 0 Å². The van der Waals surface area contributed by atoms with Crippen LogP contribution in [-0.4, -0.2) is 11.8 Å². The van der Waals surface area contributed by atoms with Crippen molar-refractivity contribution in [1.29, 1.82) is 0 Å². The Morgan fingerprint density at radius 1 is 0.692 bits per heavy atom. The number of carbonyl (C=O) groups is 2. The summed E-state index contributed by atoms with van der Waals surface area (Å²) in [5.41, 5.74) is 3.16. The number of amides is 2. The highest BCUT2D eigenvalue weighted by Gasteiger charge is 1.98. The van der Waals surface area contributed by atoms with E-state index in [1.807, 2.05) is 62.4 Å². The first-order valence-corrected chi connectivity index (χ1v) is 8.42. The number of benzene rings is 2. The molecule has 2 aromatic carbocycles.